The van der Waals surface area contributed by atoms with Crippen LogP contribution in [-0.2, 0) is 31.3 Å². The number of carbonyl (C=O) groups excluding carboxylic acids is 3. The van der Waals surface area contributed by atoms with E-state index in [1.807, 2.05) is 40.2 Å². The standard InChI is InChI=1S/C43H54F3N5O7/c1-5-58-37(52)29-49-23-25-51(26-24-49)47-40(54)42(33-9-7-6-8-10-33)17-20-48(21-18-42)19-15-41(32-11-13-34(14-12-32)43(44,45)46)16-22-50(30-41)39(53)31-27-35(55-2)38(57-4)36(28-31)56-3/h6-14,27-28H,5,15-26,29-30H2,1-4H3,(H,47,54). The first kappa shape index (κ1) is 42.7. The van der Waals surface area contributed by atoms with Crippen LogP contribution in [0.15, 0.2) is 66.7 Å². The van der Waals surface area contributed by atoms with Crippen molar-refractivity contribution in [2.24, 2.45) is 0 Å². The van der Waals surface area contributed by atoms with Crippen molar-refractivity contribution < 1.29 is 46.5 Å². The highest BCUT2D eigenvalue weighted by Crippen LogP contribution is 2.43. The average Bonchev–Trinajstić information content (AvgIpc) is 3.68. The molecule has 0 spiro atoms. The number of hydrogen-bond acceptors (Lipinski definition) is 10. The Balaban J connectivity index is 1.16. The van der Waals surface area contributed by atoms with Gasteiger partial charge >= 0.3 is 12.1 Å². The van der Waals surface area contributed by atoms with Crippen LogP contribution >= 0.6 is 0 Å². The number of piperidine rings is 1. The second-order valence-corrected chi connectivity index (χ2v) is 15.3. The van der Waals surface area contributed by atoms with Crippen molar-refractivity contribution in [1.82, 2.24) is 25.1 Å². The van der Waals surface area contributed by atoms with E-state index in [2.05, 4.69) is 10.3 Å². The fourth-order valence-electron chi connectivity index (χ4n) is 8.62. The highest BCUT2D eigenvalue weighted by molar-refractivity contribution is 5.96. The molecule has 1 atom stereocenters. The van der Waals surface area contributed by atoms with Gasteiger partial charge in [0.15, 0.2) is 11.5 Å². The molecule has 3 aliphatic heterocycles. The summed E-state index contributed by atoms with van der Waals surface area (Å²) in [5, 5.41) is 1.93. The molecule has 0 radical (unpaired) electrons. The topological polar surface area (TPSA) is 113 Å². The second-order valence-electron chi connectivity index (χ2n) is 15.3. The van der Waals surface area contributed by atoms with Crippen LogP contribution in [0.5, 0.6) is 17.2 Å². The van der Waals surface area contributed by atoms with Crippen LogP contribution in [0.25, 0.3) is 0 Å². The summed E-state index contributed by atoms with van der Waals surface area (Å²) in [5.74, 6) is 0.493. The molecule has 314 valence electrons. The monoisotopic (exact) mass is 809 g/mol. The molecule has 12 nitrogen and oxygen atoms in total. The molecule has 0 aromatic heterocycles. The third-order valence-corrected chi connectivity index (χ3v) is 12.0. The predicted octanol–water partition coefficient (Wildman–Crippen LogP) is 5.15. The summed E-state index contributed by atoms with van der Waals surface area (Å²) in [5.41, 5.74) is 3.16. The van der Waals surface area contributed by atoms with Crippen LogP contribution in [0.1, 0.15) is 59.7 Å². The van der Waals surface area contributed by atoms with Crippen molar-refractivity contribution in [3.05, 3.63) is 89.0 Å². The number of benzene rings is 3. The number of rotatable bonds is 14. The molecule has 58 heavy (non-hydrogen) atoms. The number of likely N-dealkylation sites (tertiary alicyclic amines) is 2. The molecule has 3 aromatic carbocycles. The Morgan fingerprint density at radius 3 is 1.97 bits per heavy atom. The van der Waals surface area contributed by atoms with Crippen molar-refractivity contribution in [2.75, 3.05) is 93.4 Å². The first-order valence-electron chi connectivity index (χ1n) is 19.8. The Hall–Kier alpha value is -4.86. The molecule has 0 bridgehead atoms. The van der Waals surface area contributed by atoms with Gasteiger partial charge in [-0.05, 0) is 87.6 Å². The first-order valence-corrected chi connectivity index (χ1v) is 19.8. The van der Waals surface area contributed by atoms with Crippen molar-refractivity contribution in [3.8, 4) is 17.2 Å². The molecule has 0 saturated carbocycles. The van der Waals surface area contributed by atoms with Crippen molar-refractivity contribution in [3.63, 3.8) is 0 Å². The molecule has 1 N–H and O–H groups in total. The molecule has 6 rings (SSSR count). The van der Waals surface area contributed by atoms with Crippen LogP contribution in [0.2, 0.25) is 0 Å². The van der Waals surface area contributed by atoms with Gasteiger partial charge in [-0.3, -0.25) is 24.7 Å². The third kappa shape index (κ3) is 9.37. The van der Waals surface area contributed by atoms with E-state index < -0.39 is 22.6 Å². The quantitative estimate of drug-likeness (QED) is 0.220. The van der Waals surface area contributed by atoms with Gasteiger partial charge in [-0.1, -0.05) is 42.5 Å². The van der Waals surface area contributed by atoms with E-state index in [-0.39, 0.29) is 24.3 Å². The van der Waals surface area contributed by atoms with E-state index in [4.69, 9.17) is 18.9 Å². The number of ether oxygens (including phenoxy) is 4. The second kappa shape index (κ2) is 18.4. The Morgan fingerprint density at radius 1 is 0.759 bits per heavy atom. The smallest absolute Gasteiger partial charge is 0.416 e. The summed E-state index contributed by atoms with van der Waals surface area (Å²) in [6, 6.07) is 18.4. The molecule has 15 heteroatoms. The Bertz CT molecular complexity index is 1860. The number of hydrogen-bond donors (Lipinski definition) is 1. The molecule has 3 aromatic rings. The minimum absolute atomic E-state index is 0.0600. The van der Waals surface area contributed by atoms with Crippen molar-refractivity contribution >= 4 is 17.8 Å². The Kier molecular flexibility index (Phi) is 13.5. The summed E-state index contributed by atoms with van der Waals surface area (Å²) < 4.78 is 62.4. The first-order chi connectivity index (χ1) is 27.8. The Labute approximate surface area is 338 Å². The van der Waals surface area contributed by atoms with Gasteiger partial charge < -0.3 is 28.7 Å². The lowest BCUT2D eigenvalue weighted by Crippen LogP contribution is -2.59. The normalized spacial score (nSPS) is 20.4. The highest BCUT2D eigenvalue weighted by atomic mass is 19.4. The van der Waals surface area contributed by atoms with Gasteiger partial charge in [0.25, 0.3) is 5.91 Å². The van der Waals surface area contributed by atoms with E-state index in [1.165, 1.54) is 21.3 Å². The number of carbonyl (C=O) groups is 3. The summed E-state index contributed by atoms with van der Waals surface area (Å²) in [6.07, 6.45) is -2.17. The molecule has 3 aliphatic rings. The maximum Gasteiger partial charge on any atom is 0.416 e. The number of amides is 2. The lowest BCUT2D eigenvalue weighted by molar-refractivity contribution is -0.145. The summed E-state index contributed by atoms with van der Waals surface area (Å²) in [6.45, 7) is 7.35. The predicted molar refractivity (Wildman–Crippen MR) is 211 cm³/mol. The van der Waals surface area contributed by atoms with Gasteiger partial charge in [0.05, 0.1) is 45.5 Å². The third-order valence-electron chi connectivity index (χ3n) is 12.0. The van der Waals surface area contributed by atoms with Gasteiger partial charge in [0.1, 0.15) is 0 Å². The number of alkyl halides is 3. The van der Waals surface area contributed by atoms with E-state index in [0.29, 0.717) is 114 Å². The number of hydrazine groups is 1. The van der Waals surface area contributed by atoms with Crippen LogP contribution < -0.4 is 19.6 Å². The zero-order valence-corrected chi connectivity index (χ0v) is 33.7. The molecule has 2 amide bonds. The van der Waals surface area contributed by atoms with Crippen molar-refractivity contribution in [1.29, 1.82) is 0 Å². The molecular formula is C43H54F3N5O7. The number of esters is 1. The largest absolute Gasteiger partial charge is 0.493 e. The summed E-state index contributed by atoms with van der Waals surface area (Å²) in [4.78, 5) is 46.4. The van der Waals surface area contributed by atoms with Crippen LogP contribution in [0.4, 0.5) is 13.2 Å². The zero-order valence-electron chi connectivity index (χ0n) is 33.7. The van der Waals surface area contributed by atoms with E-state index in [9.17, 15) is 27.6 Å². The van der Waals surface area contributed by atoms with Gasteiger partial charge in [-0.15, -0.1) is 0 Å². The number of piperazine rings is 1. The van der Waals surface area contributed by atoms with Gasteiger partial charge in [0.2, 0.25) is 11.7 Å². The lowest BCUT2D eigenvalue weighted by atomic mass is 9.71. The minimum atomic E-state index is -4.47. The van der Waals surface area contributed by atoms with E-state index in [0.717, 1.165) is 23.3 Å². The number of methoxy groups -OCH3 is 3. The maximum atomic E-state index is 14.3. The average molecular weight is 810 g/mol. The van der Waals surface area contributed by atoms with E-state index in [1.54, 1.807) is 36.1 Å². The van der Waals surface area contributed by atoms with Crippen LogP contribution in [0, 0.1) is 0 Å². The van der Waals surface area contributed by atoms with Gasteiger partial charge in [-0.2, -0.15) is 13.2 Å². The molecule has 1 unspecified atom stereocenters. The summed E-state index contributed by atoms with van der Waals surface area (Å²) in [7, 11) is 4.44. The van der Waals surface area contributed by atoms with Crippen molar-refractivity contribution in [2.45, 2.75) is 49.6 Å². The number of nitrogens with one attached hydrogen (secondary N) is 1. The molecule has 3 saturated heterocycles. The van der Waals surface area contributed by atoms with Crippen LogP contribution in [0.3, 0.4) is 0 Å². The molecule has 3 fully saturated rings. The zero-order chi connectivity index (χ0) is 41.5. The fraction of sp³-hybridized carbons (Fsp3) is 0.512. The van der Waals surface area contributed by atoms with Crippen LogP contribution in [-0.4, -0.2) is 131 Å². The minimum Gasteiger partial charge on any atom is -0.493 e. The molecule has 0 aliphatic carbocycles. The molecule has 3 heterocycles. The van der Waals surface area contributed by atoms with E-state index >= 15 is 0 Å². The number of nitrogens with zero attached hydrogens (tertiary/aromatic N) is 4. The number of halogens is 3. The Morgan fingerprint density at radius 2 is 1.40 bits per heavy atom. The molecular weight excluding hydrogens is 755 g/mol. The maximum absolute atomic E-state index is 14.3. The highest BCUT2D eigenvalue weighted by Gasteiger charge is 2.46. The fourth-order valence-corrected chi connectivity index (χ4v) is 8.62. The SMILES string of the molecule is CCOC(=O)CN1CCN(NC(=O)C2(c3ccccc3)CCN(CCC3(c4ccc(C(F)(F)F)cc4)CCN(C(=O)c4cc(OC)c(OC)c(OC)c4)C3)CC2)CC1. The van der Waals surface area contributed by atoms with Gasteiger partial charge in [0, 0.05) is 50.2 Å². The summed E-state index contributed by atoms with van der Waals surface area (Å²) >= 11 is 0. The lowest BCUT2D eigenvalue weighted by Gasteiger charge is -2.43. The van der Waals surface area contributed by atoms with Gasteiger partial charge in [-0.25, -0.2) is 5.01 Å².